The molecule has 1 aromatic rings. The van der Waals surface area contributed by atoms with Crippen LogP contribution < -0.4 is 0 Å². The summed E-state index contributed by atoms with van der Waals surface area (Å²) in [5.41, 5.74) is -0.481. The fourth-order valence-electron chi connectivity index (χ4n) is 2.52. The van der Waals surface area contributed by atoms with Gasteiger partial charge in [0, 0.05) is 36.1 Å². The summed E-state index contributed by atoms with van der Waals surface area (Å²) in [4.78, 5) is 27.5. The van der Waals surface area contributed by atoms with Crippen LogP contribution in [0.15, 0.2) is 34.8 Å². The second kappa shape index (κ2) is 9.95. The molecule has 0 aliphatic carbocycles. The maximum absolute atomic E-state index is 12.0. The van der Waals surface area contributed by atoms with Crippen molar-refractivity contribution in [2.75, 3.05) is 19.6 Å². The van der Waals surface area contributed by atoms with Gasteiger partial charge in [0.05, 0.1) is 0 Å². The van der Waals surface area contributed by atoms with Gasteiger partial charge in [-0.25, -0.2) is 4.79 Å². The first-order valence-electron chi connectivity index (χ1n) is 9.00. The van der Waals surface area contributed by atoms with Gasteiger partial charge in [0.2, 0.25) is 5.91 Å². The molecule has 0 bridgehead atoms. The van der Waals surface area contributed by atoms with Gasteiger partial charge in [-0.15, -0.1) is 0 Å². The summed E-state index contributed by atoms with van der Waals surface area (Å²) in [5, 5.41) is 0. The highest BCUT2D eigenvalue weighted by molar-refractivity contribution is 9.10. The first-order chi connectivity index (χ1) is 12.0. The fraction of sp³-hybridized carbons (Fsp3) is 0.600. The van der Waals surface area contributed by atoms with Crippen LogP contribution in [0.3, 0.4) is 0 Å². The standard InChI is InChI=1S/C14H26N2O3.C6H5Br/c1-10(2)12(17)16-8-7-15(9-11(16)3)13(18)19-14(4,5)6;7-6-4-2-1-3-5-6/h10-11H,7-9H2,1-6H3;1-5H. The Morgan fingerprint density at radius 2 is 1.73 bits per heavy atom. The third-order valence-electron chi connectivity index (χ3n) is 3.79. The molecule has 1 aromatic carbocycles. The maximum Gasteiger partial charge on any atom is 0.410 e. The Kier molecular flexibility index (Phi) is 8.60. The van der Waals surface area contributed by atoms with E-state index in [9.17, 15) is 9.59 Å². The molecule has 0 aromatic heterocycles. The Hall–Kier alpha value is -1.56. The van der Waals surface area contributed by atoms with Crippen LogP contribution in [-0.4, -0.2) is 53.1 Å². The van der Waals surface area contributed by atoms with Gasteiger partial charge in [-0.1, -0.05) is 48.0 Å². The lowest BCUT2D eigenvalue weighted by Gasteiger charge is -2.40. The second-order valence-electron chi connectivity index (χ2n) is 7.76. The van der Waals surface area contributed by atoms with Crippen molar-refractivity contribution in [1.29, 1.82) is 0 Å². The summed E-state index contributed by atoms with van der Waals surface area (Å²) >= 11 is 3.31. The minimum Gasteiger partial charge on any atom is -0.444 e. The molecule has 0 saturated carbocycles. The molecular weight excluding hydrogens is 396 g/mol. The van der Waals surface area contributed by atoms with E-state index in [0.717, 1.165) is 4.47 Å². The van der Waals surface area contributed by atoms with Crippen molar-refractivity contribution in [2.24, 2.45) is 5.92 Å². The molecule has 1 saturated heterocycles. The number of hydrogen-bond donors (Lipinski definition) is 0. The van der Waals surface area contributed by atoms with Crippen molar-refractivity contribution in [3.63, 3.8) is 0 Å². The van der Waals surface area contributed by atoms with E-state index in [1.54, 1.807) is 4.90 Å². The lowest BCUT2D eigenvalue weighted by molar-refractivity contribution is -0.138. The molecule has 1 unspecified atom stereocenters. The summed E-state index contributed by atoms with van der Waals surface area (Å²) in [5.74, 6) is 0.145. The monoisotopic (exact) mass is 426 g/mol. The molecule has 1 heterocycles. The van der Waals surface area contributed by atoms with E-state index >= 15 is 0 Å². The molecule has 0 N–H and O–H groups in total. The highest BCUT2D eigenvalue weighted by atomic mass is 79.9. The number of hydrogen-bond acceptors (Lipinski definition) is 3. The quantitative estimate of drug-likeness (QED) is 0.660. The van der Waals surface area contributed by atoms with Crippen LogP contribution in [0.2, 0.25) is 0 Å². The summed E-state index contributed by atoms with van der Waals surface area (Å²) in [7, 11) is 0. The highest BCUT2D eigenvalue weighted by Gasteiger charge is 2.32. The first-order valence-corrected chi connectivity index (χ1v) is 9.79. The molecule has 1 aliphatic rings. The molecule has 6 heteroatoms. The third-order valence-corrected chi connectivity index (χ3v) is 4.32. The molecule has 2 rings (SSSR count). The van der Waals surface area contributed by atoms with E-state index in [2.05, 4.69) is 15.9 Å². The van der Waals surface area contributed by atoms with Gasteiger partial charge >= 0.3 is 6.09 Å². The van der Waals surface area contributed by atoms with E-state index in [4.69, 9.17) is 4.74 Å². The van der Waals surface area contributed by atoms with Crippen LogP contribution >= 0.6 is 15.9 Å². The summed E-state index contributed by atoms with van der Waals surface area (Å²) < 4.78 is 6.49. The zero-order valence-electron chi connectivity index (χ0n) is 16.7. The molecular formula is C20H31BrN2O3. The number of benzene rings is 1. The largest absolute Gasteiger partial charge is 0.444 e. The molecule has 5 nitrogen and oxygen atoms in total. The molecule has 1 fully saturated rings. The van der Waals surface area contributed by atoms with Gasteiger partial charge in [0.25, 0.3) is 0 Å². The van der Waals surface area contributed by atoms with Gasteiger partial charge in [0.1, 0.15) is 5.60 Å². The average Bonchev–Trinajstić information content (AvgIpc) is 2.53. The summed E-state index contributed by atoms with van der Waals surface area (Å²) in [6.45, 7) is 13.0. The van der Waals surface area contributed by atoms with Crippen molar-refractivity contribution in [1.82, 2.24) is 9.80 Å². The smallest absolute Gasteiger partial charge is 0.410 e. The van der Waals surface area contributed by atoms with Gasteiger partial charge in [-0.2, -0.15) is 0 Å². The Balaban J connectivity index is 0.000000401. The Morgan fingerprint density at radius 1 is 1.15 bits per heavy atom. The number of ether oxygens (including phenoxy) is 1. The van der Waals surface area contributed by atoms with Crippen molar-refractivity contribution in [2.45, 2.75) is 53.2 Å². The van der Waals surface area contributed by atoms with E-state index in [1.807, 2.05) is 76.8 Å². The van der Waals surface area contributed by atoms with Crippen LogP contribution in [0.4, 0.5) is 4.79 Å². The zero-order chi connectivity index (χ0) is 19.9. The van der Waals surface area contributed by atoms with E-state index < -0.39 is 5.60 Å². The Bertz CT molecular complexity index is 584. The molecule has 26 heavy (non-hydrogen) atoms. The van der Waals surface area contributed by atoms with E-state index in [-0.39, 0.29) is 24.0 Å². The van der Waals surface area contributed by atoms with Crippen LogP contribution in [-0.2, 0) is 9.53 Å². The van der Waals surface area contributed by atoms with Crippen molar-refractivity contribution >= 4 is 27.9 Å². The maximum atomic E-state index is 12.0. The van der Waals surface area contributed by atoms with E-state index in [0.29, 0.717) is 19.6 Å². The second-order valence-corrected chi connectivity index (χ2v) is 8.67. The van der Waals surface area contributed by atoms with Crippen LogP contribution in [0, 0.1) is 5.92 Å². The predicted octanol–water partition coefficient (Wildman–Crippen LogP) is 4.56. The number of carbonyl (C=O) groups excluding carboxylic acids is 2. The number of piperazine rings is 1. The average molecular weight is 427 g/mol. The van der Waals surface area contributed by atoms with Gasteiger partial charge in [0.15, 0.2) is 0 Å². The lowest BCUT2D eigenvalue weighted by Crippen LogP contribution is -2.56. The van der Waals surface area contributed by atoms with Gasteiger partial charge in [-0.05, 0) is 39.8 Å². The molecule has 1 atom stereocenters. The summed E-state index contributed by atoms with van der Waals surface area (Å²) in [6.07, 6.45) is -0.295. The lowest BCUT2D eigenvalue weighted by atomic mass is 10.1. The molecule has 2 amide bonds. The summed E-state index contributed by atoms with van der Waals surface area (Å²) in [6, 6.07) is 10.0. The number of nitrogens with zero attached hydrogens (tertiary/aromatic N) is 2. The van der Waals surface area contributed by atoms with E-state index in [1.165, 1.54) is 0 Å². The number of halogens is 1. The van der Waals surface area contributed by atoms with Crippen LogP contribution in [0.1, 0.15) is 41.5 Å². The SMILES string of the molecule is Brc1ccccc1.CC(C)C(=O)N1CCN(C(=O)OC(C)(C)C)CC1C. The van der Waals surface area contributed by atoms with Crippen LogP contribution in [0.5, 0.6) is 0 Å². The normalized spacial score (nSPS) is 17.5. The minimum absolute atomic E-state index is 0.00414. The third kappa shape index (κ3) is 7.77. The first kappa shape index (κ1) is 22.5. The van der Waals surface area contributed by atoms with Gasteiger partial charge in [-0.3, -0.25) is 4.79 Å². The molecule has 146 valence electrons. The Morgan fingerprint density at radius 3 is 2.12 bits per heavy atom. The zero-order valence-corrected chi connectivity index (χ0v) is 18.2. The highest BCUT2D eigenvalue weighted by Crippen LogP contribution is 2.16. The van der Waals surface area contributed by atoms with Crippen molar-refractivity contribution < 1.29 is 14.3 Å². The number of rotatable bonds is 1. The predicted molar refractivity (Wildman–Crippen MR) is 108 cm³/mol. The molecule has 1 aliphatic heterocycles. The number of amides is 2. The molecule has 0 radical (unpaired) electrons. The van der Waals surface area contributed by atoms with Crippen molar-refractivity contribution in [3.8, 4) is 0 Å². The van der Waals surface area contributed by atoms with Crippen molar-refractivity contribution in [3.05, 3.63) is 34.8 Å². The Labute approximate surface area is 165 Å². The van der Waals surface area contributed by atoms with Gasteiger partial charge < -0.3 is 14.5 Å². The molecule has 0 spiro atoms. The topological polar surface area (TPSA) is 49.9 Å². The minimum atomic E-state index is -0.481. The van der Waals surface area contributed by atoms with Crippen LogP contribution in [0.25, 0.3) is 0 Å². The number of carbonyl (C=O) groups is 2. The fourth-order valence-corrected chi connectivity index (χ4v) is 2.83.